The zero-order valence-electron chi connectivity index (χ0n) is 11.3. The van der Waals surface area contributed by atoms with Gasteiger partial charge in [0, 0.05) is 23.8 Å². The summed E-state index contributed by atoms with van der Waals surface area (Å²) < 4.78 is 0. The van der Waals surface area contributed by atoms with E-state index in [0.29, 0.717) is 6.04 Å². The van der Waals surface area contributed by atoms with Crippen LogP contribution in [0, 0.1) is 6.92 Å². The Balaban J connectivity index is 2.02. The molecule has 3 heteroatoms. The number of aromatic nitrogens is 1. The van der Waals surface area contributed by atoms with Crippen LogP contribution in [0.3, 0.4) is 0 Å². The number of nitrogens with zero attached hydrogens (tertiary/aromatic N) is 1. The molecule has 3 nitrogen and oxygen atoms in total. The highest BCUT2D eigenvalue weighted by molar-refractivity contribution is 5.41. The van der Waals surface area contributed by atoms with Gasteiger partial charge in [-0.1, -0.05) is 0 Å². The van der Waals surface area contributed by atoms with Crippen molar-refractivity contribution in [3.05, 3.63) is 23.4 Å². The molecule has 0 radical (unpaired) electrons. The zero-order chi connectivity index (χ0) is 12.5. The average molecular weight is 233 g/mol. The summed E-state index contributed by atoms with van der Waals surface area (Å²) in [6.07, 6.45) is 2.57. The van der Waals surface area contributed by atoms with Gasteiger partial charge in [0.05, 0.1) is 0 Å². The lowest BCUT2D eigenvalue weighted by Crippen LogP contribution is -2.35. The summed E-state index contributed by atoms with van der Waals surface area (Å²) in [5, 5.41) is 6.96. The van der Waals surface area contributed by atoms with Crippen molar-refractivity contribution in [2.45, 2.75) is 58.7 Å². The van der Waals surface area contributed by atoms with Gasteiger partial charge in [0.25, 0.3) is 0 Å². The van der Waals surface area contributed by atoms with Crippen LogP contribution in [0.4, 0.5) is 5.82 Å². The summed E-state index contributed by atoms with van der Waals surface area (Å²) in [7, 11) is 0. The first-order valence-corrected chi connectivity index (χ1v) is 6.41. The maximum atomic E-state index is 4.52. The van der Waals surface area contributed by atoms with E-state index in [4.69, 9.17) is 0 Å². The molecule has 1 aromatic heterocycles. The molecule has 1 saturated carbocycles. The second-order valence-electron chi connectivity index (χ2n) is 6.02. The molecule has 2 N–H and O–H groups in total. The molecule has 2 rings (SSSR count). The van der Waals surface area contributed by atoms with Gasteiger partial charge in [0.15, 0.2) is 0 Å². The monoisotopic (exact) mass is 233 g/mol. The van der Waals surface area contributed by atoms with Gasteiger partial charge in [0.2, 0.25) is 0 Å². The second kappa shape index (κ2) is 4.65. The highest BCUT2D eigenvalue weighted by Crippen LogP contribution is 2.24. The lowest BCUT2D eigenvalue weighted by molar-refractivity contribution is 0.424. The fourth-order valence-corrected chi connectivity index (χ4v) is 1.72. The topological polar surface area (TPSA) is 37.0 Å². The minimum absolute atomic E-state index is 0.154. The summed E-state index contributed by atoms with van der Waals surface area (Å²) >= 11 is 0. The average Bonchev–Trinajstić information content (AvgIpc) is 2.97. The Bertz CT molecular complexity index is 389. The molecule has 1 aromatic rings. The molecule has 1 heterocycles. The van der Waals surface area contributed by atoms with Crippen LogP contribution in [-0.4, -0.2) is 16.6 Å². The van der Waals surface area contributed by atoms with Gasteiger partial charge >= 0.3 is 0 Å². The van der Waals surface area contributed by atoms with E-state index in [1.165, 1.54) is 18.4 Å². The van der Waals surface area contributed by atoms with E-state index >= 15 is 0 Å². The molecule has 0 amide bonds. The van der Waals surface area contributed by atoms with Crippen LogP contribution in [0.5, 0.6) is 0 Å². The summed E-state index contributed by atoms with van der Waals surface area (Å²) in [5.41, 5.74) is 2.54. The van der Waals surface area contributed by atoms with E-state index in [9.17, 15) is 0 Å². The first kappa shape index (κ1) is 12.4. The van der Waals surface area contributed by atoms with Crippen molar-refractivity contribution in [2.24, 2.45) is 0 Å². The molecular formula is C14H23N3. The van der Waals surface area contributed by atoms with Crippen molar-refractivity contribution in [1.29, 1.82) is 0 Å². The fraction of sp³-hybridized carbons (Fsp3) is 0.643. The normalized spacial score (nSPS) is 16.0. The number of pyridine rings is 1. The number of hydrogen-bond acceptors (Lipinski definition) is 3. The maximum Gasteiger partial charge on any atom is 0.126 e. The predicted molar refractivity (Wildman–Crippen MR) is 72.2 cm³/mol. The predicted octanol–water partition coefficient (Wildman–Crippen LogP) is 2.85. The van der Waals surface area contributed by atoms with Gasteiger partial charge in [-0.3, -0.25) is 0 Å². The van der Waals surface area contributed by atoms with Gasteiger partial charge in [-0.2, -0.15) is 0 Å². The minimum atomic E-state index is 0.154. The largest absolute Gasteiger partial charge is 0.367 e. The van der Waals surface area contributed by atoms with Gasteiger partial charge in [-0.25, -0.2) is 4.98 Å². The Labute approximate surface area is 104 Å². The number of anilines is 1. The minimum Gasteiger partial charge on any atom is -0.367 e. The Morgan fingerprint density at radius 3 is 2.59 bits per heavy atom. The Morgan fingerprint density at radius 2 is 2.00 bits per heavy atom. The first-order chi connectivity index (χ1) is 7.92. The van der Waals surface area contributed by atoms with Crippen molar-refractivity contribution < 1.29 is 0 Å². The highest BCUT2D eigenvalue weighted by Gasteiger charge is 2.21. The molecule has 0 atom stereocenters. The molecule has 0 bridgehead atoms. The van der Waals surface area contributed by atoms with Crippen LogP contribution in [0.25, 0.3) is 0 Å². The quantitative estimate of drug-likeness (QED) is 0.839. The molecule has 0 aliphatic heterocycles. The fourth-order valence-electron chi connectivity index (χ4n) is 1.72. The van der Waals surface area contributed by atoms with Crippen LogP contribution in [0.2, 0.25) is 0 Å². The molecule has 0 aromatic carbocycles. The molecule has 0 spiro atoms. The third-order valence-electron chi connectivity index (χ3n) is 2.77. The number of hydrogen-bond donors (Lipinski definition) is 2. The highest BCUT2D eigenvalue weighted by atomic mass is 15.0. The molecule has 1 aliphatic carbocycles. The van der Waals surface area contributed by atoms with E-state index in [0.717, 1.165) is 18.1 Å². The molecule has 94 valence electrons. The van der Waals surface area contributed by atoms with Crippen LogP contribution < -0.4 is 10.6 Å². The molecule has 0 saturated heterocycles. The molecular weight excluding hydrogens is 210 g/mol. The van der Waals surface area contributed by atoms with Gasteiger partial charge < -0.3 is 10.6 Å². The van der Waals surface area contributed by atoms with Crippen molar-refractivity contribution in [3.8, 4) is 0 Å². The lowest BCUT2D eigenvalue weighted by Gasteiger charge is -2.21. The van der Waals surface area contributed by atoms with E-state index < -0.39 is 0 Å². The molecule has 0 unspecified atom stereocenters. The third kappa shape index (κ3) is 4.35. The summed E-state index contributed by atoms with van der Waals surface area (Å²) in [4.78, 5) is 4.52. The Hall–Kier alpha value is -1.09. The lowest BCUT2D eigenvalue weighted by atomic mass is 10.1. The van der Waals surface area contributed by atoms with E-state index in [2.05, 4.69) is 55.4 Å². The Kier molecular flexibility index (Phi) is 3.38. The van der Waals surface area contributed by atoms with Crippen LogP contribution in [0.1, 0.15) is 44.9 Å². The molecule has 17 heavy (non-hydrogen) atoms. The maximum absolute atomic E-state index is 4.52. The molecule has 1 fully saturated rings. The van der Waals surface area contributed by atoms with E-state index in [1.807, 2.05) is 0 Å². The third-order valence-corrected chi connectivity index (χ3v) is 2.77. The number of rotatable bonds is 4. The summed E-state index contributed by atoms with van der Waals surface area (Å²) in [6.45, 7) is 9.50. The van der Waals surface area contributed by atoms with E-state index in [1.54, 1.807) is 0 Å². The summed E-state index contributed by atoms with van der Waals surface area (Å²) in [6, 6.07) is 4.97. The van der Waals surface area contributed by atoms with Crippen LogP contribution >= 0.6 is 0 Å². The standard InChI is InChI=1S/C14H23N3/c1-10-7-11(9-15-14(2,3)4)8-13(16-10)17-12-5-6-12/h7-8,12,15H,5-6,9H2,1-4H3,(H,16,17). The van der Waals surface area contributed by atoms with Gasteiger partial charge in [-0.05, 0) is 58.2 Å². The van der Waals surface area contributed by atoms with Crippen molar-refractivity contribution >= 4 is 5.82 Å². The van der Waals surface area contributed by atoms with Gasteiger partial charge in [-0.15, -0.1) is 0 Å². The number of aryl methyl sites for hydroxylation is 1. The van der Waals surface area contributed by atoms with Crippen molar-refractivity contribution in [2.75, 3.05) is 5.32 Å². The second-order valence-corrected chi connectivity index (χ2v) is 6.02. The van der Waals surface area contributed by atoms with Crippen LogP contribution in [-0.2, 0) is 6.54 Å². The number of nitrogens with one attached hydrogen (secondary N) is 2. The van der Waals surface area contributed by atoms with Crippen molar-refractivity contribution in [3.63, 3.8) is 0 Å². The summed E-state index contributed by atoms with van der Waals surface area (Å²) in [5.74, 6) is 1.03. The first-order valence-electron chi connectivity index (χ1n) is 6.41. The smallest absolute Gasteiger partial charge is 0.126 e. The Morgan fingerprint density at radius 1 is 1.29 bits per heavy atom. The van der Waals surface area contributed by atoms with Gasteiger partial charge in [0.1, 0.15) is 5.82 Å². The SMILES string of the molecule is Cc1cc(CNC(C)(C)C)cc(NC2CC2)n1. The van der Waals surface area contributed by atoms with E-state index in [-0.39, 0.29) is 5.54 Å². The van der Waals surface area contributed by atoms with Crippen molar-refractivity contribution in [1.82, 2.24) is 10.3 Å². The van der Waals surface area contributed by atoms with Crippen LogP contribution in [0.15, 0.2) is 12.1 Å². The zero-order valence-corrected chi connectivity index (χ0v) is 11.3. The molecule has 1 aliphatic rings.